The fourth-order valence-corrected chi connectivity index (χ4v) is 3.44. The summed E-state index contributed by atoms with van der Waals surface area (Å²) in [6.07, 6.45) is -3.06. The van der Waals surface area contributed by atoms with E-state index in [9.17, 15) is 22.8 Å². The van der Waals surface area contributed by atoms with Gasteiger partial charge in [0.1, 0.15) is 6.54 Å². The van der Waals surface area contributed by atoms with Gasteiger partial charge in [0.2, 0.25) is 5.95 Å². The molecule has 2 amide bonds. The van der Waals surface area contributed by atoms with Crippen LogP contribution in [0.25, 0.3) is 0 Å². The molecule has 0 saturated carbocycles. The lowest BCUT2D eigenvalue weighted by atomic mass is 10.1. The Morgan fingerprint density at radius 3 is 2.35 bits per heavy atom. The van der Waals surface area contributed by atoms with E-state index in [2.05, 4.69) is 15.3 Å². The molecule has 1 aromatic heterocycles. The molecular weight excluding hydrogens is 451 g/mol. The molecule has 2 aromatic carbocycles. The number of benzene rings is 2. The van der Waals surface area contributed by atoms with E-state index in [4.69, 9.17) is 4.74 Å². The van der Waals surface area contributed by atoms with E-state index >= 15 is 0 Å². The van der Waals surface area contributed by atoms with E-state index in [-0.39, 0.29) is 23.9 Å². The molecule has 1 aliphatic rings. The lowest BCUT2D eigenvalue weighted by Gasteiger charge is -2.36. The molecule has 2 heterocycles. The SMILES string of the molecule is COC(=O)c1ccc(N2C(=O)N(c3ccc(C)cc3)Cc3cnc(NCC(F)(F)F)nc32)cc1. The van der Waals surface area contributed by atoms with Gasteiger partial charge in [-0.3, -0.25) is 4.90 Å². The molecule has 176 valence electrons. The van der Waals surface area contributed by atoms with Gasteiger partial charge in [0, 0.05) is 17.4 Å². The van der Waals surface area contributed by atoms with Crippen molar-refractivity contribution in [2.24, 2.45) is 0 Å². The molecule has 0 spiro atoms. The number of carbonyl (C=O) groups excluding carboxylic acids is 2. The Labute approximate surface area is 193 Å². The van der Waals surface area contributed by atoms with Gasteiger partial charge in [0.25, 0.3) is 0 Å². The Morgan fingerprint density at radius 1 is 1.09 bits per heavy atom. The van der Waals surface area contributed by atoms with Crippen molar-refractivity contribution in [1.82, 2.24) is 9.97 Å². The predicted octanol–water partition coefficient (Wildman–Crippen LogP) is 4.82. The molecule has 0 aliphatic carbocycles. The number of methoxy groups -OCH3 is 1. The average molecular weight is 471 g/mol. The van der Waals surface area contributed by atoms with Gasteiger partial charge in [0.15, 0.2) is 5.82 Å². The highest BCUT2D eigenvalue weighted by Crippen LogP contribution is 2.36. The van der Waals surface area contributed by atoms with Crippen molar-refractivity contribution in [3.8, 4) is 0 Å². The lowest BCUT2D eigenvalue weighted by Crippen LogP contribution is -2.45. The molecule has 4 rings (SSSR count). The van der Waals surface area contributed by atoms with E-state index in [0.29, 0.717) is 16.9 Å². The topological polar surface area (TPSA) is 87.7 Å². The Balaban J connectivity index is 1.76. The van der Waals surface area contributed by atoms with Crippen LogP contribution in [0.15, 0.2) is 54.7 Å². The van der Waals surface area contributed by atoms with E-state index in [1.807, 2.05) is 19.1 Å². The Bertz CT molecular complexity index is 1210. The van der Waals surface area contributed by atoms with Gasteiger partial charge < -0.3 is 10.1 Å². The number of hydrogen-bond donors (Lipinski definition) is 1. The van der Waals surface area contributed by atoms with Crippen LogP contribution in [0.1, 0.15) is 21.5 Å². The molecule has 34 heavy (non-hydrogen) atoms. The molecule has 0 bridgehead atoms. The van der Waals surface area contributed by atoms with E-state index < -0.39 is 24.7 Å². The first-order valence-electron chi connectivity index (χ1n) is 10.2. The van der Waals surface area contributed by atoms with Crippen molar-refractivity contribution < 1.29 is 27.5 Å². The van der Waals surface area contributed by atoms with Gasteiger partial charge in [-0.1, -0.05) is 17.7 Å². The van der Waals surface area contributed by atoms with Crippen molar-refractivity contribution in [1.29, 1.82) is 0 Å². The summed E-state index contributed by atoms with van der Waals surface area (Å²) in [5.74, 6) is -0.651. The number of hydrogen-bond acceptors (Lipinski definition) is 6. The first-order chi connectivity index (χ1) is 16.2. The van der Waals surface area contributed by atoms with Gasteiger partial charge in [-0.05, 0) is 43.3 Å². The highest BCUT2D eigenvalue weighted by atomic mass is 19.4. The van der Waals surface area contributed by atoms with Crippen molar-refractivity contribution in [2.45, 2.75) is 19.6 Å². The first-order valence-corrected chi connectivity index (χ1v) is 10.2. The summed E-state index contributed by atoms with van der Waals surface area (Å²) in [4.78, 5) is 36.4. The van der Waals surface area contributed by atoms with Crippen LogP contribution in [0, 0.1) is 6.92 Å². The van der Waals surface area contributed by atoms with Crippen molar-refractivity contribution >= 4 is 35.1 Å². The number of anilines is 4. The number of alkyl halides is 3. The minimum atomic E-state index is -4.46. The van der Waals surface area contributed by atoms with E-state index in [0.717, 1.165) is 5.56 Å². The Hall–Kier alpha value is -4.15. The zero-order valence-electron chi connectivity index (χ0n) is 18.3. The number of rotatable bonds is 5. The van der Waals surface area contributed by atoms with Crippen LogP contribution in [0.4, 0.5) is 41.1 Å². The maximum atomic E-state index is 13.6. The average Bonchev–Trinajstić information content (AvgIpc) is 2.82. The number of carbonyl (C=O) groups is 2. The second kappa shape index (κ2) is 9.00. The van der Waals surface area contributed by atoms with Gasteiger partial charge >= 0.3 is 18.2 Å². The number of esters is 1. The summed E-state index contributed by atoms with van der Waals surface area (Å²) in [5, 5.41) is 2.14. The molecule has 0 atom stereocenters. The molecule has 3 aromatic rings. The maximum absolute atomic E-state index is 13.6. The molecule has 11 heteroatoms. The summed E-state index contributed by atoms with van der Waals surface area (Å²) in [6.45, 7) is 0.742. The number of ether oxygens (including phenoxy) is 1. The normalized spacial score (nSPS) is 13.5. The van der Waals surface area contributed by atoms with Gasteiger partial charge in [-0.15, -0.1) is 0 Å². The largest absolute Gasteiger partial charge is 0.465 e. The number of fused-ring (bicyclic) bond motifs is 1. The molecule has 8 nitrogen and oxygen atoms in total. The van der Waals surface area contributed by atoms with Crippen LogP contribution in [-0.2, 0) is 11.3 Å². The number of aryl methyl sites for hydroxylation is 1. The second-order valence-electron chi connectivity index (χ2n) is 7.59. The minimum Gasteiger partial charge on any atom is -0.465 e. The maximum Gasteiger partial charge on any atom is 0.405 e. The smallest absolute Gasteiger partial charge is 0.405 e. The third-order valence-corrected chi connectivity index (χ3v) is 5.14. The van der Waals surface area contributed by atoms with Crippen molar-refractivity contribution in [3.63, 3.8) is 0 Å². The second-order valence-corrected chi connectivity index (χ2v) is 7.59. The molecule has 1 aliphatic heterocycles. The molecule has 1 N–H and O–H groups in total. The minimum absolute atomic E-state index is 0.132. The monoisotopic (exact) mass is 471 g/mol. The summed E-state index contributed by atoms with van der Waals surface area (Å²) in [6, 6.07) is 12.9. The van der Waals surface area contributed by atoms with Crippen LogP contribution < -0.4 is 15.1 Å². The van der Waals surface area contributed by atoms with Crippen LogP contribution in [0.3, 0.4) is 0 Å². The number of nitrogens with zero attached hydrogens (tertiary/aromatic N) is 4. The number of nitrogens with one attached hydrogen (secondary N) is 1. The molecule has 0 saturated heterocycles. The van der Waals surface area contributed by atoms with Crippen LogP contribution >= 0.6 is 0 Å². The number of halogens is 3. The number of urea groups is 1. The summed E-state index contributed by atoms with van der Waals surface area (Å²) < 4.78 is 42.7. The number of aromatic nitrogens is 2. The molecule has 0 unspecified atom stereocenters. The zero-order valence-corrected chi connectivity index (χ0v) is 18.3. The van der Waals surface area contributed by atoms with E-state index in [1.54, 1.807) is 12.1 Å². The van der Waals surface area contributed by atoms with Crippen LogP contribution in [0.5, 0.6) is 0 Å². The van der Waals surface area contributed by atoms with E-state index in [1.165, 1.54) is 47.4 Å². The standard InChI is InChI=1S/C23H20F3N5O3/c1-14-3-7-17(8-4-14)30-12-16-11-27-21(28-13-23(24,25)26)29-19(16)31(22(30)33)18-9-5-15(6-10-18)20(32)34-2/h3-11H,12-13H2,1-2H3,(H,27,28,29). The van der Waals surface area contributed by atoms with Gasteiger partial charge in [-0.2, -0.15) is 18.2 Å². The van der Waals surface area contributed by atoms with Crippen molar-refractivity contribution in [3.05, 3.63) is 71.4 Å². The molecule has 0 radical (unpaired) electrons. The van der Waals surface area contributed by atoms with Gasteiger partial charge in [0.05, 0.1) is 24.9 Å². The highest BCUT2D eigenvalue weighted by molar-refractivity contribution is 6.10. The van der Waals surface area contributed by atoms with Crippen LogP contribution in [-0.4, -0.2) is 41.8 Å². The fourth-order valence-electron chi connectivity index (χ4n) is 3.44. The van der Waals surface area contributed by atoms with Crippen LogP contribution in [0.2, 0.25) is 0 Å². The van der Waals surface area contributed by atoms with Crippen molar-refractivity contribution in [2.75, 3.05) is 28.8 Å². The number of amides is 2. The highest BCUT2D eigenvalue weighted by Gasteiger charge is 2.35. The molecular formula is C23H20F3N5O3. The predicted molar refractivity (Wildman–Crippen MR) is 119 cm³/mol. The quantitative estimate of drug-likeness (QED) is 0.537. The zero-order chi connectivity index (χ0) is 24.5. The Morgan fingerprint density at radius 2 is 1.74 bits per heavy atom. The fraction of sp³-hybridized carbons (Fsp3) is 0.217. The Kier molecular flexibility index (Phi) is 6.10. The third kappa shape index (κ3) is 4.77. The van der Waals surface area contributed by atoms with Gasteiger partial charge in [-0.25, -0.2) is 19.5 Å². The molecule has 0 fully saturated rings. The summed E-state index contributed by atoms with van der Waals surface area (Å²) >= 11 is 0. The summed E-state index contributed by atoms with van der Waals surface area (Å²) in [5.41, 5.74) is 2.84. The third-order valence-electron chi connectivity index (χ3n) is 5.14. The first kappa shape index (κ1) is 23.0. The lowest BCUT2D eigenvalue weighted by molar-refractivity contribution is -0.115. The summed E-state index contributed by atoms with van der Waals surface area (Å²) in [7, 11) is 1.26.